The molecule has 0 amide bonds. The fourth-order valence-corrected chi connectivity index (χ4v) is 1.89. The number of allylic oxidation sites excluding steroid dienone is 2. The molecule has 2 N–H and O–H groups in total. The van der Waals surface area contributed by atoms with Crippen LogP contribution in [0, 0.1) is 0 Å². The Bertz CT molecular complexity index is 248. The van der Waals surface area contributed by atoms with Crippen molar-refractivity contribution in [1.82, 2.24) is 0 Å². The largest absolute Gasteiger partial charge is 0.342 e. The van der Waals surface area contributed by atoms with Crippen molar-refractivity contribution in [2.24, 2.45) is 0 Å². The van der Waals surface area contributed by atoms with Crippen molar-refractivity contribution in [3.63, 3.8) is 0 Å². The third kappa shape index (κ3) is 5.12. The SMILES string of the molecule is CC(C)(C)[NH2+]CCC(=O)C1=CCCCC1. The molecule has 15 heavy (non-hydrogen) atoms. The number of ketones is 1. The number of carbonyl (C=O) groups is 1. The van der Waals surface area contributed by atoms with Crippen LogP contribution < -0.4 is 5.32 Å². The van der Waals surface area contributed by atoms with E-state index in [0.29, 0.717) is 12.2 Å². The summed E-state index contributed by atoms with van der Waals surface area (Å²) in [7, 11) is 0. The lowest BCUT2D eigenvalue weighted by Gasteiger charge is -2.17. The maximum absolute atomic E-state index is 11.8. The van der Waals surface area contributed by atoms with Crippen LogP contribution in [-0.4, -0.2) is 17.9 Å². The minimum atomic E-state index is 0.237. The van der Waals surface area contributed by atoms with Crippen molar-refractivity contribution in [1.29, 1.82) is 0 Å². The summed E-state index contributed by atoms with van der Waals surface area (Å²) in [5.41, 5.74) is 1.32. The first kappa shape index (κ1) is 12.4. The predicted molar refractivity (Wildman–Crippen MR) is 62.7 cm³/mol. The van der Waals surface area contributed by atoms with Gasteiger partial charge in [0.15, 0.2) is 5.78 Å². The fourth-order valence-electron chi connectivity index (χ4n) is 1.89. The highest BCUT2D eigenvalue weighted by atomic mass is 16.1. The molecule has 0 fully saturated rings. The van der Waals surface area contributed by atoms with Crippen LogP contribution in [0.5, 0.6) is 0 Å². The maximum Gasteiger partial charge on any atom is 0.164 e. The van der Waals surface area contributed by atoms with E-state index in [2.05, 4.69) is 32.2 Å². The third-order valence-corrected chi connectivity index (χ3v) is 2.78. The summed E-state index contributed by atoms with van der Waals surface area (Å²) in [4.78, 5) is 11.8. The van der Waals surface area contributed by atoms with Gasteiger partial charge in [0.1, 0.15) is 0 Å². The molecule has 0 spiro atoms. The Morgan fingerprint density at radius 3 is 2.67 bits per heavy atom. The monoisotopic (exact) mass is 210 g/mol. The standard InChI is InChI=1S/C13H23NO/c1-13(2,3)14-10-9-12(15)11-7-5-4-6-8-11/h7,14H,4-6,8-10H2,1-3H3/p+1. The van der Waals surface area contributed by atoms with E-state index in [1.54, 1.807) is 0 Å². The zero-order chi connectivity index (χ0) is 11.3. The van der Waals surface area contributed by atoms with Crippen LogP contribution in [-0.2, 0) is 4.79 Å². The number of hydrogen-bond acceptors (Lipinski definition) is 1. The Morgan fingerprint density at radius 2 is 2.13 bits per heavy atom. The van der Waals surface area contributed by atoms with Crippen LogP contribution in [0.1, 0.15) is 52.9 Å². The van der Waals surface area contributed by atoms with E-state index >= 15 is 0 Å². The zero-order valence-electron chi connectivity index (χ0n) is 10.3. The molecule has 0 aromatic carbocycles. The topological polar surface area (TPSA) is 33.7 Å². The van der Waals surface area contributed by atoms with E-state index in [1.165, 1.54) is 12.8 Å². The number of rotatable bonds is 4. The van der Waals surface area contributed by atoms with Gasteiger partial charge in [0.05, 0.1) is 18.5 Å². The van der Waals surface area contributed by atoms with Crippen LogP contribution in [0.4, 0.5) is 0 Å². The lowest BCUT2D eigenvalue weighted by Crippen LogP contribution is -2.94. The zero-order valence-corrected chi connectivity index (χ0v) is 10.3. The van der Waals surface area contributed by atoms with Gasteiger partial charge < -0.3 is 5.32 Å². The smallest absolute Gasteiger partial charge is 0.164 e. The first-order chi connectivity index (χ1) is 6.99. The van der Waals surface area contributed by atoms with Gasteiger partial charge >= 0.3 is 0 Å². The summed E-state index contributed by atoms with van der Waals surface area (Å²) in [5, 5.41) is 2.24. The van der Waals surface area contributed by atoms with Gasteiger partial charge in [0.25, 0.3) is 0 Å². The normalized spacial score (nSPS) is 17.4. The molecule has 0 saturated carbocycles. The highest BCUT2D eigenvalue weighted by molar-refractivity contribution is 5.95. The second-order valence-electron chi connectivity index (χ2n) is 5.51. The van der Waals surface area contributed by atoms with E-state index in [9.17, 15) is 4.79 Å². The quantitative estimate of drug-likeness (QED) is 0.754. The van der Waals surface area contributed by atoms with E-state index in [-0.39, 0.29) is 5.54 Å². The lowest BCUT2D eigenvalue weighted by molar-refractivity contribution is -0.716. The van der Waals surface area contributed by atoms with E-state index in [1.807, 2.05) is 0 Å². The number of Topliss-reactive ketones (excluding diaryl/α,β-unsaturated/α-hetero) is 1. The highest BCUT2D eigenvalue weighted by Gasteiger charge is 2.16. The molecule has 0 saturated heterocycles. The molecular weight excluding hydrogens is 186 g/mol. The number of hydrogen-bond donors (Lipinski definition) is 1. The van der Waals surface area contributed by atoms with Gasteiger partial charge in [-0.05, 0) is 52.0 Å². The molecule has 0 radical (unpaired) electrons. The van der Waals surface area contributed by atoms with Crippen molar-refractivity contribution < 1.29 is 10.1 Å². The Hall–Kier alpha value is -0.630. The second kappa shape index (κ2) is 5.45. The average molecular weight is 210 g/mol. The fraction of sp³-hybridized carbons (Fsp3) is 0.769. The molecule has 86 valence electrons. The second-order valence-corrected chi connectivity index (χ2v) is 5.51. The summed E-state index contributed by atoms with van der Waals surface area (Å²) in [5.74, 6) is 0.371. The molecule has 2 heteroatoms. The molecule has 0 bridgehead atoms. The van der Waals surface area contributed by atoms with Crippen LogP contribution >= 0.6 is 0 Å². The first-order valence-corrected chi connectivity index (χ1v) is 6.06. The van der Waals surface area contributed by atoms with Crippen molar-refractivity contribution in [2.75, 3.05) is 6.54 Å². The number of quaternary nitrogens is 1. The molecule has 0 aliphatic heterocycles. The molecule has 0 heterocycles. The molecule has 1 rings (SSSR count). The summed E-state index contributed by atoms with van der Waals surface area (Å²) in [6.07, 6.45) is 7.40. The number of carbonyl (C=O) groups excluding carboxylic acids is 1. The Kier molecular flexibility index (Phi) is 4.52. The average Bonchev–Trinajstić information content (AvgIpc) is 2.17. The highest BCUT2D eigenvalue weighted by Crippen LogP contribution is 2.18. The number of nitrogens with two attached hydrogens (primary N) is 1. The van der Waals surface area contributed by atoms with Gasteiger partial charge in [-0.2, -0.15) is 0 Å². The van der Waals surface area contributed by atoms with Crippen LogP contribution in [0.15, 0.2) is 11.6 Å². The molecule has 2 nitrogen and oxygen atoms in total. The van der Waals surface area contributed by atoms with E-state index in [4.69, 9.17) is 0 Å². The van der Waals surface area contributed by atoms with Gasteiger partial charge in [-0.25, -0.2) is 0 Å². The van der Waals surface area contributed by atoms with Crippen molar-refractivity contribution >= 4 is 5.78 Å². The molecule has 0 unspecified atom stereocenters. The molecular formula is C13H24NO+. The van der Waals surface area contributed by atoms with Crippen molar-refractivity contribution in [3.05, 3.63) is 11.6 Å². The molecule has 1 aliphatic rings. The summed E-state index contributed by atoms with van der Waals surface area (Å²) in [6.45, 7) is 7.45. The summed E-state index contributed by atoms with van der Waals surface area (Å²) >= 11 is 0. The minimum Gasteiger partial charge on any atom is -0.342 e. The van der Waals surface area contributed by atoms with E-state index < -0.39 is 0 Å². The third-order valence-electron chi connectivity index (χ3n) is 2.78. The lowest BCUT2D eigenvalue weighted by atomic mass is 9.95. The van der Waals surface area contributed by atoms with Crippen LogP contribution in [0.25, 0.3) is 0 Å². The Morgan fingerprint density at radius 1 is 1.40 bits per heavy atom. The van der Waals surface area contributed by atoms with Gasteiger partial charge in [-0.1, -0.05) is 6.08 Å². The molecule has 1 aliphatic carbocycles. The Balaban J connectivity index is 2.27. The maximum atomic E-state index is 11.8. The van der Waals surface area contributed by atoms with Gasteiger partial charge in [0.2, 0.25) is 0 Å². The van der Waals surface area contributed by atoms with Gasteiger partial charge in [-0.3, -0.25) is 4.79 Å². The van der Waals surface area contributed by atoms with Crippen LogP contribution in [0.3, 0.4) is 0 Å². The van der Waals surface area contributed by atoms with E-state index in [0.717, 1.165) is 25.0 Å². The minimum absolute atomic E-state index is 0.237. The predicted octanol–water partition coefficient (Wildman–Crippen LogP) is 1.81. The molecule has 0 atom stereocenters. The molecule has 0 aromatic rings. The van der Waals surface area contributed by atoms with Crippen molar-refractivity contribution in [2.45, 2.75) is 58.4 Å². The molecule has 0 aromatic heterocycles. The van der Waals surface area contributed by atoms with Crippen LogP contribution in [0.2, 0.25) is 0 Å². The summed E-state index contributed by atoms with van der Waals surface area (Å²) in [6, 6.07) is 0. The Labute approximate surface area is 93.1 Å². The van der Waals surface area contributed by atoms with Crippen molar-refractivity contribution in [3.8, 4) is 0 Å². The van der Waals surface area contributed by atoms with Gasteiger partial charge in [-0.15, -0.1) is 0 Å². The van der Waals surface area contributed by atoms with Gasteiger partial charge in [0, 0.05) is 0 Å². The summed E-state index contributed by atoms with van der Waals surface area (Å²) < 4.78 is 0. The first-order valence-electron chi connectivity index (χ1n) is 6.06.